The number of nitrogens with one attached hydrogen (secondary N) is 1. The van der Waals surface area contributed by atoms with Gasteiger partial charge < -0.3 is 25.8 Å². The van der Waals surface area contributed by atoms with Gasteiger partial charge in [-0.05, 0) is 6.42 Å². The van der Waals surface area contributed by atoms with Crippen LogP contribution < -0.4 is 11.1 Å². The molecule has 0 bridgehead atoms. The molecule has 8 heteroatoms. The molecule has 0 aromatic heterocycles. The summed E-state index contributed by atoms with van der Waals surface area (Å²) >= 11 is 0. The van der Waals surface area contributed by atoms with E-state index in [1.165, 1.54) is 4.90 Å². The molecular formula is C10H17N3O5. The number of hydrogen-bond acceptors (Lipinski definition) is 4. The Labute approximate surface area is 104 Å². The number of urea groups is 1. The van der Waals surface area contributed by atoms with Gasteiger partial charge in [-0.2, -0.15) is 0 Å². The van der Waals surface area contributed by atoms with Crippen LogP contribution in [0.5, 0.6) is 0 Å². The molecule has 1 rings (SSSR count). The zero-order chi connectivity index (χ0) is 13.5. The summed E-state index contributed by atoms with van der Waals surface area (Å²) in [5, 5.41) is 11.3. The number of carbonyl (C=O) groups is 3. The van der Waals surface area contributed by atoms with Crippen LogP contribution in [-0.4, -0.2) is 60.3 Å². The number of primary amides is 1. The van der Waals surface area contributed by atoms with Crippen molar-refractivity contribution in [3.63, 3.8) is 0 Å². The van der Waals surface area contributed by atoms with Gasteiger partial charge in [0.15, 0.2) is 0 Å². The maximum absolute atomic E-state index is 11.7. The number of morpholine rings is 1. The molecule has 1 aliphatic rings. The zero-order valence-electron chi connectivity index (χ0n) is 9.92. The lowest BCUT2D eigenvalue weighted by Crippen LogP contribution is -2.51. The molecule has 3 amide bonds. The van der Waals surface area contributed by atoms with E-state index >= 15 is 0 Å². The first-order valence-corrected chi connectivity index (χ1v) is 5.65. The quantitative estimate of drug-likeness (QED) is 0.569. The summed E-state index contributed by atoms with van der Waals surface area (Å²) in [7, 11) is 0. The number of nitrogens with zero attached hydrogens (tertiary/aromatic N) is 1. The monoisotopic (exact) mass is 259 g/mol. The Bertz CT molecular complexity index is 327. The molecule has 1 fully saturated rings. The van der Waals surface area contributed by atoms with Gasteiger partial charge in [-0.15, -0.1) is 0 Å². The highest BCUT2D eigenvalue weighted by Crippen LogP contribution is 2.02. The molecular weight excluding hydrogens is 242 g/mol. The number of carboxylic acids is 1. The van der Waals surface area contributed by atoms with Crippen LogP contribution in [-0.2, 0) is 14.3 Å². The van der Waals surface area contributed by atoms with Crippen LogP contribution in [0.15, 0.2) is 0 Å². The first-order chi connectivity index (χ1) is 8.50. The smallest absolute Gasteiger partial charge is 0.326 e. The van der Waals surface area contributed by atoms with Crippen molar-refractivity contribution in [3.8, 4) is 0 Å². The fourth-order valence-corrected chi connectivity index (χ4v) is 1.55. The van der Waals surface area contributed by atoms with Crippen molar-refractivity contribution in [2.24, 2.45) is 5.73 Å². The summed E-state index contributed by atoms with van der Waals surface area (Å²) in [5.74, 6) is -1.78. The third-order valence-corrected chi connectivity index (χ3v) is 2.57. The lowest BCUT2D eigenvalue weighted by atomic mass is 10.1. The Balaban J connectivity index is 2.46. The molecule has 1 aliphatic heterocycles. The van der Waals surface area contributed by atoms with E-state index in [4.69, 9.17) is 15.6 Å². The molecule has 0 aromatic carbocycles. The van der Waals surface area contributed by atoms with E-state index in [0.29, 0.717) is 26.3 Å². The highest BCUT2D eigenvalue weighted by atomic mass is 16.5. The second kappa shape index (κ2) is 6.80. The van der Waals surface area contributed by atoms with E-state index in [1.807, 2.05) is 0 Å². The van der Waals surface area contributed by atoms with Gasteiger partial charge in [-0.3, -0.25) is 4.79 Å². The molecule has 0 saturated carbocycles. The van der Waals surface area contributed by atoms with Crippen molar-refractivity contribution in [1.29, 1.82) is 0 Å². The minimum absolute atomic E-state index is 0.0131. The number of hydrogen-bond donors (Lipinski definition) is 3. The van der Waals surface area contributed by atoms with Crippen molar-refractivity contribution in [2.75, 3.05) is 26.3 Å². The highest BCUT2D eigenvalue weighted by Gasteiger charge is 2.24. The summed E-state index contributed by atoms with van der Waals surface area (Å²) in [6.45, 7) is 1.72. The van der Waals surface area contributed by atoms with Crippen LogP contribution >= 0.6 is 0 Å². The summed E-state index contributed by atoms with van der Waals surface area (Å²) in [6, 6.07) is -1.57. The summed E-state index contributed by atoms with van der Waals surface area (Å²) < 4.78 is 5.08. The van der Waals surface area contributed by atoms with Gasteiger partial charge in [0.05, 0.1) is 13.2 Å². The average molecular weight is 259 g/mol. The Kier molecular flexibility index (Phi) is 5.37. The molecule has 0 aliphatic carbocycles. The molecule has 1 atom stereocenters. The van der Waals surface area contributed by atoms with E-state index in [2.05, 4.69) is 5.32 Å². The average Bonchev–Trinajstić information content (AvgIpc) is 2.34. The second-order valence-corrected chi connectivity index (χ2v) is 3.94. The third-order valence-electron chi connectivity index (χ3n) is 2.57. The van der Waals surface area contributed by atoms with Crippen LogP contribution in [0.4, 0.5) is 4.79 Å². The summed E-state index contributed by atoms with van der Waals surface area (Å²) in [5.41, 5.74) is 4.94. The number of amides is 3. The zero-order valence-corrected chi connectivity index (χ0v) is 9.92. The number of rotatable bonds is 5. The third kappa shape index (κ3) is 4.58. The van der Waals surface area contributed by atoms with Gasteiger partial charge in [0.2, 0.25) is 5.91 Å². The predicted octanol–water partition coefficient (Wildman–Crippen LogP) is -1.25. The molecule has 4 N–H and O–H groups in total. The van der Waals surface area contributed by atoms with E-state index in [9.17, 15) is 14.4 Å². The lowest BCUT2D eigenvalue weighted by Gasteiger charge is -2.28. The molecule has 1 saturated heterocycles. The predicted molar refractivity (Wildman–Crippen MR) is 60.8 cm³/mol. The lowest BCUT2D eigenvalue weighted by molar-refractivity contribution is -0.139. The molecule has 8 nitrogen and oxygen atoms in total. The minimum Gasteiger partial charge on any atom is -0.480 e. The second-order valence-electron chi connectivity index (χ2n) is 3.94. The molecule has 18 heavy (non-hydrogen) atoms. The maximum Gasteiger partial charge on any atom is 0.326 e. The molecule has 102 valence electrons. The molecule has 0 aromatic rings. The summed E-state index contributed by atoms with van der Waals surface area (Å²) in [4.78, 5) is 34.7. The van der Waals surface area contributed by atoms with Gasteiger partial charge in [0.25, 0.3) is 0 Å². The standard InChI is InChI=1S/C10H17N3O5/c11-8(14)2-1-7(9(15)16)12-10(17)13-3-5-18-6-4-13/h7H,1-6H2,(H2,11,14)(H,12,17)(H,15,16). The Hall–Kier alpha value is -1.83. The fraction of sp³-hybridized carbons (Fsp3) is 0.700. The van der Waals surface area contributed by atoms with Crippen molar-refractivity contribution in [1.82, 2.24) is 10.2 Å². The van der Waals surface area contributed by atoms with Crippen LogP contribution in [0.1, 0.15) is 12.8 Å². The van der Waals surface area contributed by atoms with Gasteiger partial charge in [0, 0.05) is 19.5 Å². The normalized spacial score (nSPS) is 17.0. The molecule has 0 radical (unpaired) electrons. The van der Waals surface area contributed by atoms with E-state index in [-0.39, 0.29) is 12.8 Å². The minimum atomic E-state index is -1.18. The van der Waals surface area contributed by atoms with Gasteiger partial charge in [-0.1, -0.05) is 0 Å². The SMILES string of the molecule is NC(=O)CCC(NC(=O)N1CCOCC1)C(=O)O. The van der Waals surface area contributed by atoms with Crippen LogP contribution in [0.3, 0.4) is 0 Å². The Morgan fingerprint density at radius 1 is 1.33 bits per heavy atom. The first-order valence-electron chi connectivity index (χ1n) is 5.65. The summed E-state index contributed by atoms with van der Waals surface area (Å²) in [6.07, 6.45) is -0.0961. The largest absolute Gasteiger partial charge is 0.480 e. The maximum atomic E-state index is 11.7. The molecule has 1 unspecified atom stereocenters. The van der Waals surface area contributed by atoms with Crippen LogP contribution in [0, 0.1) is 0 Å². The van der Waals surface area contributed by atoms with Crippen molar-refractivity contribution < 1.29 is 24.2 Å². The first kappa shape index (κ1) is 14.2. The Morgan fingerprint density at radius 2 is 1.94 bits per heavy atom. The van der Waals surface area contributed by atoms with Crippen LogP contribution in [0.2, 0.25) is 0 Å². The number of ether oxygens (including phenoxy) is 1. The number of carbonyl (C=O) groups excluding carboxylic acids is 2. The highest BCUT2D eigenvalue weighted by molar-refractivity contribution is 5.83. The van der Waals surface area contributed by atoms with Crippen molar-refractivity contribution >= 4 is 17.9 Å². The number of carboxylic acid groups (broad SMARTS) is 1. The number of aliphatic carboxylic acids is 1. The van der Waals surface area contributed by atoms with Gasteiger partial charge in [-0.25, -0.2) is 9.59 Å². The van der Waals surface area contributed by atoms with Crippen molar-refractivity contribution in [2.45, 2.75) is 18.9 Å². The van der Waals surface area contributed by atoms with Gasteiger partial charge in [0.1, 0.15) is 6.04 Å². The van der Waals surface area contributed by atoms with Gasteiger partial charge >= 0.3 is 12.0 Å². The van der Waals surface area contributed by atoms with E-state index in [1.54, 1.807) is 0 Å². The number of nitrogens with two attached hydrogens (primary N) is 1. The Morgan fingerprint density at radius 3 is 2.44 bits per heavy atom. The van der Waals surface area contributed by atoms with E-state index in [0.717, 1.165) is 0 Å². The molecule has 0 spiro atoms. The van der Waals surface area contributed by atoms with E-state index < -0.39 is 23.9 Å². The topological polar surface area (TPSA) is 122 Å². The molecule has 1 heterocycles. The fourth-order valence-electron chi connectivity index (χ4n) is 1.55. The van der Waals surface area contributed by atoms with Crippen LogP contribution in [0.25, 0.3) is 0 Å². The van der Waals surface area contributed by atoms with Crippen molar-refractivity contribution in [3.05, 3.63) is 0 Å².